The molecule has 5 heteroatoms. The first-order valence-electron chi connectivity index (χ1n) is 4.50. The Morgan fingerprint density at radius 1 is 1.57 bits per heavy atom. The Kier molecular flexibility index (Phi) is 2.80. The Hall–Kier alpha value is -1.10. The van der Waals surface area contributed by atoms with Crippen molar-refractivity contribution in [2.75, 3.05) is 13.2 Å². The molecule has 1 unspecified atom stereocenters. The van der Waals surface area contributed by atoms with Gasteiger partial charge in [-0.3, -0.25) is 4.79 Å². The maximum Gasteiger partial charge on any atom is 0.414 e. The van der Waals surface area contributed by atoms with E-state index in [2.05, 4.69) is 0 Å². The van der Waals surface area contributed by atoms with Crippen molar-refractivity contribution in [1.29, 1.82) is 0 Å². The number of ether oxygens (including phenoxy) is 1. The molecule has 14 heavy (non-hydrogen) atoms. The Morgan fingerprint density at radius 2 is 2.14 bits per heavy atom. The van der Waals surface area contributed by atoms with Gasteiger partial charge in [-0.2, -0.15) is 0 Å². The summed E-state index contributed by atoms with van der Waals surface area (Å²) in [5.74, 6) is -0.462. The van der Waals surface area contributed by atoms with E-state index in [1.165, 1.54) is 0 Å². The number of carbonyl (C=O) groups excluding carboxylic acids is 1. The van der Waals surface area contributed by atoms with E-state index in [4.69, 9.17) is 9.84 Å². The standard InChI is InChI=1S/C9H15NO4/c1-9(2,3)6-7(11)10(8(12)13)4-5-14-6/h6H,4-5H2,1-3H3,(H,12,13). The molecule has 0 radical (unpaired) electrons. The van der Waals surface area contributed by atoms with Crippen molar-refractivity contribution in [3.05, 3.63) is 0 Å². The van der Waals surface area contributed by atoms with Gasteiger partial charge in [0, 0.05) is 0 Å². The van der Waals surface area contributed by atoms with Gasteiger partial charge in [0.15, 0.2) is 0 Å². The van der Waals surface area contributed by atoms with Crippen LogP contribution in [-0.4, -0.2) is 41.3 Å². The molecule has 1 heterocycles. The van der Waals surface area contributed by atoms with Crippen LogP contribution in [0.2, 0.25) is 0 Å². The quantitative estimate of drug-likeness (QED) is 0.633. The number of rotatable bonds is 0. The smallest absolute Gasteiger partial charge is 0.414 e. The maximum absolute atomic E-state index is 11.6. The molecule has 1 N–H and O–H groups in total. The predicted molar refractivity (Wildman–Crippen MR) is 48.9 cm³/mol. The summed E-state index contributed by atoms with van der Waals surface area (Å²) in [6.07, 6.45) is -1.86. The molecule has 1 atom stereocenters. The minimum absolute atomic E-state index is 0.126. The fraction of sp³-hybridized carbons (Fsp3) is 0.778. The van der Waals surface area contributed by atoms with Crippen molar-refractivity contribution in [3.8, 4) is 0 Å². The highest BCUT2D eigenvalue weighted by Crippen LogP contribution is 2.26. The van der Waals surface area contributed by atoms with Crippen LogP contribution in [0.4, 0.5) is 4.79 Å². The highest BCUT2D eigenvalue weighted by molar-refractivity contribution is 5.94. The monoisotopic (exact) mass is 201 g/mol. The zero-order valence-corrected chi connectivity index (χ0v) is 8.61. The van der Waals surface area contributed by atoms with Crippen LogP contribution in [0.5, 0.6) is 0 Å². The Balaban J connectivity index is 2.82. The third-order valence-corrected chi connectivity index (χ3v) is 2.11. The van der Waals surface area contributed by atoms with E-state index in [9.17, 15) is 9.59 Å². The second kappa shape index (κ2) is 3.57. The lowest BCUT2D eigenvalue weighted by molar-refractivity contribution is -0.158. The summed E-state index contributed by atoms with van der Waals surface area (Å²) in [5.41, 5.74) is -0.370. The van der Waals surface area contributed by atoms with E-state index in [1.807, 2.05) is 20.8 Å². The second-order valence-corrected chi connectivity index (χ2v) is 4.39. The fourth-order valence-electron chi connectivity index (χ4n) is 1.40. The van der Waals surface area contributed by atoms with Gasteiger partial charge in [-0.1, -0.05) is 20.8 Å². The molecule has 1 fully saturated rings. The van der Waals surface area contributed by atoms with Crippen LogP contribution in [-0.2, 0) is 9.53 Å². The van der Waals surface area contributed by atoms with Crippen LogP contribution in [0.25, 0.3) is 0 Å². The predicted octanol–water partition coefficient (Wildman–Crippen LogP) is 0.938. The van der Waals surface area contributed by atoms with Gasteiger partial charge in [-0.15, -0.1) is 0 Å². The summed E-state index contributed by atoms with van der Waals surface area (Å²) in [6, 6.07) is 0. The van der Waals surface area contributed by atoms with Gasteiger partial charge in [0.2, 0.25) is 0 Å². The van der Waals surface area contributed by atoms with Crippen molar-refractivity contribution in [2.45, 2.75) is 26.9 Å². The molecule has 1 saturated heterocycles. The van der Waals surface area contributed by atoms with E-state index < -0.39 is 18.1 Å². The van der Waals surface area contributed by atoms with Crippen LogP contribution in [0.15, 0.2) is 0 Å². The molecule has 0 aliphatic carbocycles. The molecule has 1 rings (SSSR count). The third kappa shape index (κ3) is 2.04. The number of carboxylic acid groups (broad SMARTS) is 1. The largest absolute Gasteiger partial charge is 0.465 e. The van der Waals surface area contributed by atoms with Gasteiger partial charge in [0.05, 0.1) is 13.2 Å². The van der Waals surface area contributed by atoms with E-state index in [1.54, 1.807) is 0 Å². The van der Waals surface area contributed by atoms with Gasteiger partial charge in [0.25, 0.3) is 5.91 Å². The number of carbonyl (C=O) groups is 2. The van der Waals surface area contributed by atoms with Crippen LogP contribution >= 0.6 is 0 Å². The lowest BCUT2D eigenvalue weighted by Crippen LogP contribution is -2.54. The molecular weight excluding hydrogens is 186 g/mol. The van der Waals surface area contributed by atoms with Crippen LogP contribution in [0, 0.1) is 5.41 Å². The molecular formula is C9H15NO4. The summed E-state index contributed by atoms with van der Waals surface area (Å²) >= 11 is 0. The zero-order chi connectivity index (χ0) is 10.9. The molecule has 0 aromatic rings. The summed E-state index contributed by atoms with van der Waals surface area (Å²) in [5, 5.41) is 8.74. The molecule has 0 bridgehead atoms. The van der Waals surface area contributed by atoms with E-state index in [-0.39, 0.29) is 18.6 Å². The van der Waals surface area contributed by atoms with Crippen molar-refractivity contribution in [3.63, 3.8) is 0 Å². The molecule has 5 nitrogen and oxygen atoms in total. The summed E-state index contributed by atoms with van der Waals surface area (Å²) < 4.78 is 5.28. The van der Waals surface area contributed by atoms with Crippen LogP contribution in [0.3, 0.4) is 0 Å². The molecule has 2 amide bonds. The summed E-state index contributed by atoms with van der Waals surface area (Å²) in [7, 11) is 0. The van der Waals surface area contributed by atoms with Gasteiger partial charge in [0.1, 0.15) is 6.10 Å². The Bertz CT molecular complexity index is 256. The number of nitrogens with zero attached hydrogens (tertiary/aromatic N) is 1. The number of hydrogen-bond donors (Lipinski definition) is 1. The van der Waals surface area contributed by atoms with Crippen molar-refractivity contribution in [1.82, 2.24) is 4.90 Å². The van der Waals surface area contributed by atoms with Gasteiger partial charge < -0.3 is 9.84 Å². The highest BCUT2D eigenvalue weighted by atomic mass is 16.5. The highest BCUT2D eigenvalue weighted by Gasteiger charge is 2.40. The van der Waals surface area contributed by atoms with Crippen LogP contribution < -0.4 is 0 Å². The number of morpholine rings is 1. The fourth-order valence-corrected chi connectivity index (χ4v) is 1.40. The molecule has 0 saturated carbocycles. The minimum Gasteiger partial charge on any atom is -0.465 e. The SMILES string of the molecule is CC(C)(C)C1OCCN(C(=O)O)C1=O. The van der Waals surface area contributed by atoms with Crippen molar-refractivity contribution < 1.29 is 19.4 Å². The van der Waals surface area contributed by atoms with Crippen LogP contribution in [0.1, 0.15) is 20.8 Å². The Labute approximate surface area is 82.6 Å². The van der Waals surface area contributed by atoms with Gasteiger partial charge in [-0.05, 0) is 5.41 Å². The van der Waals surface area contributed by atoms with Gasteiger partial charge in [-0.25, -0.2) is 9.69 Å². The van der Waals surface area contributed by atoms with E-state index >= 15 is 0 Å². The average Bonchev–Trinajstić information content (AvgIpc) is 2.01. The molecule has 1 aliphatic rings. The van der Waals surface area contributed by atoms with Crippen molar-refractivity contribution in [2.24, 2.45) is 5.41 Å². The summed E-state index contributed by atoms with van der Waals surface area (Å²) in [6.45, 7) is 5.95. The van der Waals surface area contributed by atoms with Crippen molar-refractivity contribution >= 4 is 12.0 Å². The normalized spacial score (nSPS) is 23.8. The van der Waals surface area contributed by atoms with E-state index in [0.717, 1.165) is 4.90 Å². The maximum atomic E-state index is 11.6. The lowest BCUT2D eigenvalue weighted by Gasteiger charge is -2.36. The first-order valence-corrected chi connectivity index (χ1v) is 4.50. The molecule has 0 aromatic carbocycles. The van der Waals surface area contributed by atoms with Gasteiger partial charge >= 0.3 is 6.09 Å². The zero-order valence-electron chi connectivity index (χ0n) is 8.61. The first-order chi connectivity index (χ1) is 6.34. The minimum atomic E-state index is -1.20. The number of imide groups is 1. The second-order valence-electron chi connectivity index (χ2n) is 4.39. The molecule has 1 aliphatic heterocycles. The molecule has 80 valence electrons. The molecule has 0 spiro atoms. The number of amides is 2. The molecule has 0 aromatic heterocycles. The Morgan fingerprint density at radius 3 is 2.57 bits per heavy atom. The lowest BCUT2D eigenvalue weighted by atomic mass is 9.87. The third-order valence-electron chi connectivity index (χ3n) is 2.11. The summed E-state index contributed by atoms with van der Waals surface area (Å²) in [4.78, 5) is 23.1. The average molecular weight is 201 g/mol. The van der Waals surface area contributed by atoms with E-state index in [0.29, 0.717) is 0 Å². The first kappa shape index (κ1) is 11.0. The number of hydrogen-bond acceptors (Lipinski definition) is 3. The topological polar surface area (TPSA) is 66.8 Å².